The summed E-state index contributed by atoms with van der Waals surface area (Å²) in [5.74, 6) is -0.693. The molecule has 0 amide bonds. The molecule has 1 saturated heterocycles. The summed E-state index contributed by atoms with van der Waals surface area (Å²) in [6.07, 6.45) is 1.11. The van der Waals surface area contributed by atoms with Crippen LogP contribution < -0.4 is 4.74 Å². The second kappa shape index (κ2) is 8.50. The summed E-state index contributed by atoms with van der Waals surface area (Å²) < 4.78 is 18.7. The van der Waals surface area contributed by atoms with Gasteiger partial charge < -0.3 is 14.7 Å². The molecule has 1 aliphatic rings. The molecule has 6 heteroatoms. The monoisotopic (exact) mass is 372 g/mol. The minimum atomic E-state index is -1.00. The quantitative estimate of drug-likeness (QED) is 0.809. The standard InChI is InChI=1S/C21H25FN2O3/c1-23(2)19-9-10-24(13-19)12-17-11-16(15-3-6-18(22)7-4-15)5-8-20(17)27-14-21(25)26/h3-8,11,19H,9-10,12-14H2,1-2H3,(H,25,26). The lowest BCUT2D eigenvalue weighted by molar-refractivity contribution is -0.139. The van der Waals surface area contributed by atoms with Crippen LogP contribution in [-0.2, 0) is 11.3 Å². The number of aliphatic carboxylic acids is 1. The molecule has 1 fully saturated rings. The van der Waals surface area contributed by atoms with Crippen molar-refractivity contribution in [2.24, 2.45) is 0 Å². The van der Waals surface area contributed by atoms with E-state index in [1.165, 1.54) is 12.1 Å². The van der Waals surface area contributed by atoms with Crippen molar-refractivity contribution >= 4 is 5.97 Å². The van der Waals surface area contributed by atoms with Gasteiger partial charge in [-0.2, -0.15) is 0 Å². The van der Waals surface area contributed by atoms with E-state index >= 15 is 0 Å². The van der Waals surface area contributed by atoms with Gasteiger partial charge in [-0.25, -0.2) is 9.18 Å². The van der Waals surface area contributed by atoms with Gasteiger partial charge in [0, 0.05) is 31.2 Å². The fraction of sp³-hybridized carbons (Fsp3) is 0.381. The first-order valence-corrected chi connectivity index (χ1v) is 9.04. The van der Waals surface area contributed by atoms with Gasteiger partial charge in [-0.15, -0.1) is 0 Å². The molecule has 0 aliphatic carbocycles. The van der Waals surface area contributed by atoms with Gasteiger partial charge in [0.1, 0.15) is 11.6 Å². The highest BCUT2D eigenvalue weighted by Gasteiger charge is 2.24. The zero-order chi connectivity index (χ0) is 19.4. The van der Waals surface area contributed by atoms with Crippen molar-refractivity contribution in [3.8, 4) is 16.9 Å². The number of likely N-dealkylation sites (tertiary alicyclic amines) is 1. The highest BCUT2D eigenvalue weighted by atomic mass is 19.1. The molecular formula is C21H25FN2O3. The van der Waals surface area contributed by atoms with Crippen molar-refractivity contribution in [1.82, 2.24) is 9.80 Å². The minimum absolute atomic E-state index is 0.271. The number of nitrogens with zero attached hydrogens (tertiary/aromatic N) is 2. The van der Waals surface area contributed by atoms with E-state index in [0.717, 1.165) is 36.2 Å². The maximum atomic E-state index is 13.2. The third kappa shape index (κ3) is 5.05. The molecule has 2 aromatic rings. The fourth-order valence-corrected chi connectivity index (χ4v) is 3.42. The highest BCUT2D eigenvalue weighted by Crippen LogP contribution is 2.29. The van der Waals surface area contributed by atoms with Gasteiger partial charge in [-0.3, -0.25) is 4.90 Å². The van der Waals surface area contributed by atoms with E-state index in [-0.39, 0.29) is 12.4 Å². The zero-order valence-electron chi connectivity index (χ0n) is 15.7. The van der Waals surface area contributed by atoms with Crippen LogP contribution in [-0.4, -0.2) is 60.7 Å². The Morgan fingerprint density at radius 1 is 1.22 bits per heavy atom. The van der Waals surface area contributed by atoms with Crippen molar-refractivity contribution in [3.63, 3.8) is 0 Å². The van der Waals surface area contributed by atoms with Gasteiger partial charge in [0.2, 0.25) is 0 Å². The van der Waals surface area contributed by atoms with E-state index in [9.17, 15) is 9.18 Å². The molecule has 5 nitrogen and oxygen atoms in total. The number of likely N-dealkylation sites (N-methyl/N-ethyl adjacent to an activating group) is 1. The average molecular weight is 372 g/mol. The van der Waals surface area contributed by atoms with Crippen LogP contribution in [0.15, 0.2) is 42.5 Å². The maximum absolute atomic E-state index is 13.2. The molecule has 0 radical (unpaired) electrons. The van der Waals surface area contributed by atoms with Crippen LogP contribution in [0.1, 0.15) is 12.0 Å². The van der Waals surface area contributed by atoms with Gasteiger partial charge >= 0.3 is 5.97 Å². The summed E-state index contributed by atoms with van der Waals surface area (Å²) in [7, 11) is 4.18. The number of carboxylic acid groups (broad SMARTS) is 1. The summed E-state index contributed by atoms with van der Waals surface area (Å²) in [5.41, 5.74) is 2.81. The zero-order valence-corrected chi connectivity index (χ0v) is 15.7. The normalized spacial score (nSPS) is 17.4. The molecule has 0 aromatic heterocycles. The summed E-state index contributed by atoms with van der Waals surface area (Å²) in [6.45, 7) is 2.27. The summed E-state index contributed by atoms with van der Waals surface area (Å²) in [5, 5.41) is 8.93. The van der Waals surface area contributed by atoms with E-state index in [0.29, 0.717) is 18.3 Å². The Labute approximate surface area is 159 Å². The number of benzene rings is 2. The van der Waals surface area contributed by atoms with Crippen LogP contribution in [0.4, 0.5) is 4.39 Å². The molecule has 1 atom stereocenters. The van der Waals surface area contributed by atoms with Crippen molar-refractivity contribution in [2.45, 2.75) is 19.0 Å². The van der Waals surface area contributed by atoms with Crippen LogP contribution in [0.25, 0.3) is 11.1 Å². The van der Waals surface area contributed by atoms with Gasteiger partial charge in [0.05, 0.1) is 0 Å². The SMILES string of the molecule is CN(C)C1CCN(Cc2cc(-c3ccc(F)cc3)ccc2OCC(=O)O)C1. The van der Waals surface area contributed by atoms with E-state index in [2.05, 4.69) is 23.9 Å². The topological polar surface area (TPSA) is 53.0 Å². The second-order valence-corrected chi connectivity index (χ2v) is 7.15. The molecule has 0 spiro atoms. The lowest BCUT2D eigenvalue weighted by atomic mass is 10.0. The molecule has 1 N–H and O–H groups in total. The highest BCUT2D eigenvalue weighted by molar-refractivity contribution is 5.69. The third-order valence-corrected chi connectivity index (χ3v) is 4.96. The lowest BCUT2D eigenvalue weighted by Gasteiger charge is -2.21. The first kappa shape index (κ1) is 19.3. The molecule has 0 bridgehead atoms. The number of ether oxygens (including phenoxy) is 1. The molecule has 1 aliphatic heterocycles. The first-order valence-electron chi connectivity index (χ1n) is 9.04. The Balaban J connectivity index is 1.84. The third-order valence-electron chi connectivity index (χ3n) is 4.96. The lowest BCUT2D eigenvalue weighted by Crippen LogP contribution is -2.31. The Morgan fingerprint density at radius 3 is 2.56 bits per heavy atom. The van der Waals surface area contributed by atoms with E-state index in [1.807, 2.05) is 12.1 Å². The van der Waals surface area contributed by atoms with Crippen LogP contribution in [0, 0.1) is 5.82 Å². The molecule has 0 saturated carbocycles. The van der Waals surface area contributed by atoms with Crippen LogP contribution >= 0.6 is 0 Å². The summed E-state index contributed by atoms with van der Waals surface area (Å²) >= 11 is 0. The Morgan fingerprint density at radius 2 is 1.93 bits per heavy atom. The number of hydrogen-bond donors (Lipinski definition) is 1. The van der Waals surface area contributed by atoms with Crippen molar-refractivity contribution in [1.29, 1.82) is 0 Å². The van der Waals surface area contributed by atoms with E-state index in [4.69, 9.17) is 9.84 Å². The van der Waals surface area contributed by atoms with Crippen LogP contribution in [0.5, 0.6) is 5.75 Å². The molecular weight excluding hydrogens is 347 g/mol. The number of rotatable bonds is 7. The fourth-order valence-electron chi connectivity index (χ4n) is 3.42. The van der Waals surface area contributed by atoms with Gasteiger partial charge in [0.25, 0.3) is 0 Å². The molecule has 1 heterocycles. The van der Waals surface area contributed by atoms with Gasteiger partial charge in [-0.1, -0.05) is 18.2 Å². The van der Waals surface area contributed by atoms with Gasteiger partial charge in [0.15, 0.2) is 6.61 Å². The van der Waals surface area contributed by atoms with Crippen molar-refractivity contribution < 1.29 is 19.0 Å². The summed E-state index contributed by atoms with van der Waals surface area (Å²) in [6, 6.07) is 12.6. The molecule has 27 heavy (non-hydrogen) atoms. The molecule has 1 unspecified atom stereocenters. The van der Waals surface area contributed by atoms with Crippen LogP contribution in [0.3, 0.4) is 0 Å². The Kier molecular flexibility index (Phi) is 6.08. The van der Waals surface area contributed by atoms with E-state index < -0.39 is 5.97 Å². The van der Waals surface area contributed by atoms with E-state index in [1.54, 1.807) is 18.2 Å². The smallest absolute Gasteiger partial charge is 0.341 e. The number of hydrogen-bond acceptors (Lipinski definition) is 4. The summed E-state index contributed by atoms with van der Waals surface area (Å²) in [4.78, 5) is 15.5. The predicted molar refractivity (Wildman–Crippen MR) is 102 cm³/mol. The minimum Gasteiger partial charge on any atom is -0.482 e. The average Bonchev–Trinajstić information content (AvgIpc) is 3.10. The maximum Gasteiger partial charge on any atom is 0.341 e. The second-order valence-electron chi connectivity index (χ2n) is 7.15. The molecule has 2 aromatic carbocycles. The van der Waals surface area contributed by atoms with Crippen molar-refractivity contribution in [2.75, 3.05) is 33.8 Å². The molecule has 3 rings (SSSR count). The first-order chi connectivity index (χ1) is 12.9. The van der Waals surface area contributed by atoms with Crippen LogP contribution in [0.2, 0.25) is 0 Å². The predicted octanol–water partition coefficient (Wildman–Crippen LogP) is 3.09. The Bertz CT molecular complexity index is 793. The van der Waals surface area contributed by atoms with Gasteiger partial charge in [-0.05, 0) is 55.9 Å². The molecule has 144 valence electrons. The Hall–Kier alpha value is -2.44. The number of halogens is 1. The largest absolute Gasteiger partial charge is 0.482 e. The number of carbonyl (C=O) groups is 1. The van der Waals surface area contributed by atoms with Crippen molar-refractivity contribution in [3.05, 3.63) is 53.8 Å². The number of carboxylic acids is 1.